The Balaban J connectivity index is 1.90. The number of carbonyl (C=O) groups is 1. The molecule has 0 saturated heterocycles. The van der Waals surface area contributed by atoms with Gasteiger partial charge in [0, 0.05) is 19.3 Å². The predicted molar refractivity (Wildman–Crippen MR) is 101 cm³/mol. The Labute approximate surface area is 164 Å². The van der Waals surface area contributed by atoms with Gasteiger partial charge in [0.2, 0.25) is 0 Å². The summed E-state index contributed by atoms with van der Waals surface area (Å²) in [4.78, 5) is 12.9. The Bertz CT molecular complexity index is 973. The molecule has 1 heterocycles. The highest BCUT2D eigenvalue weighted by molar-refractivity contribution is 6.33. The first-order chi connectivity index (χ1) is 13.2. The first-order valence-corrected chi connectivity index (χ1v) is 8.60. The van der Waals surface area contributed by atoms with E-state index in [0.29, 0.717) is 11.4 Å². The van der Waals surface area contributed by atoms with Crippen molar-refractivity contribution >= 4 is 29.0 Å². The van der Waals surface area contributed by atoms with E-state index in [1.165, 1.54) is 0 Å². The summed E-state index contributed by atoms with van der Waals surface area (Å²) in [7, 11) is 1.73. The van der Waals surface area contributed by atoms with E-state index in [2.05, 4.69) is 15.7 Å². The molecule has 0 aliphatic rings. The second-order valence-electron chi connectivity index (χ2n) is 6.04. The maximum atomic E-state index is 13.0. The zero-order valence-electron chi connectivity index (χ0n) is 14.7. The highest BCUT2D eigenvalue weighted by Crippen LogP contribution is 2.34. The minimum absolute atomic E-state index is 0.00555. The normalized spacial score (nSPS) is 12.5. The number of anilines is 2. The summed E-state index contributed by atoms with van der Waals surface area (Å²) in [5.41, 5.74) is -0.403. The Morgan fingerprint density at radius 1 is 1.14 bits per heavy atom. The topological polar surface area (TPSA) is 59.0 Å². The monoisotopic (exact) mass is 408 g/mol. The number of aryl methyl sites for hydroxylation is 1. The fraction of sp³-hybridized carbons (Fsp3) is 0.158. The van der Waals surface area contributed by atoms with E-state index in [0.717, 1.165) is 18.2 Å². The van der Waals surface area contributed by atoms with Gasteiger partial charge in [-0.2, -0.15) is 18.3 Å². The van der Waals surface area contributed by atoms with Crippen molar-refractivity contribution in [2.24, 2.45) is 7.05 Å². The lowest BCUT2D eigenvalue weighted by atomic mass is 10.1. The fourth-order valence-electron chi connectivity index (χ4n) is 2.59. The lowest BCUT2D eigenvalue weighted by molar-refractivity contribution is -0.137. The summed E-state index contributed by atoms with van der Waals surface area (Å²) < 4.78 is 40.5. The van der Waals surface area contributed by atoms with Crippen LogP contribution in [-0.4, -0.2) is 15.7 Å². The number of rotatable bonds is 5. The first-order valence-electron chi connectivity index (χ1n) is 8.23. The van der Waals surface area contributed by atoms with Gasteiger partial charge in [-0.15, -0.1) is 0 Å². The second kappa shape index (κ2) is 7.93. The highest BCUT2D eigenvalue weighted by atomic mass is 35.5. The molecular weight excluding hydrogens is 393 g/mol. The van der Waals surface area contributed by atoms with Gasteiger partial charge in [0.05, 0.1) is 16.3 Å². The summed E-state index contributed by atoms with van der Waals surface area (Å²) in [5.74, 6) is -0.125. The molecule has 0 unspecified atom stereocenters. The highest BCUT2D eigenvalue weighted by Gasteiger charge is 2.31. The molecule has 3 aromatic rings. The molecule has 5 nitrogen and oxygen atoms in total. The number of aromatic nitrogens is 2. The van der Waals surface area contributed by atoms with Crippen molar-refractivity contribution in [1.82, 2.24) is 9.78 Å². The predicted octanol–water partition coefficient (Wildman–Crippen LogP) is 4.88. The summed E-state index contributed by atoms with van der Waals surface area (Å²) in [6.07, 6.45) is -2.85. The van der Waals surface area contributed by atoms with Gasteiger partial charge in [-0.3, -0.25) is 9.48 Å². The van der Waals surface area contributed by atoms with E-state index in [1.54, 1.807) is 54.3 Å². The summed E-state index contributed by atoms with van der Waals surface area (Å²) in [5, 5.41) is 9.66. The number of benzene rings is 2. The quantitative estimate of drug-likeness (QED) is 0.632. The van der Waals surface area contributed by atoms with Crippen LogP contribution < -0.4 is 10.6 Å². The van der Waals surface area contributed by atoms with Gasteiger partial charge in [0.1, 0.15) is 11.9 Å². The van der Waals surface area contributed by atoms with E-state index >= 15 is 0 Å². The van der Waals surface area contributed by atoms with Crippen molar-refractivity contribution in [1.29, 1.82) is 0 Å². The molecule has 28 heavy (non-hydrogen) atoms. The average Bonchev–Trinajstić information content (AvgIpc) is 3.06. The lowest BCUT2D eigenvalue weighted by Crippen LogP contribution is -2.27. The van der Waals surface area contributed by atoms with E-state index in [1.807, 2.05) is 0 Å². The van der Waals surface area contributed by atoms with Gasteiger partial charge in [-0.1, -0.05) is 41.9 Å². The Morgan fingerprint density at radius 2 is 1.86 bits per heavy atom. The number of hydrogen-bond donors (Lipinski definition) is 2. The maximum Gasteiger partial charge on any atom is 0.416 e. The third-order valence-electron chi connectivity index (χ3n) is 3.95. The van der Waals surface area contributed by atoms with Crippen molar-refractivity contribution in [3.63, 3.8) is 0 Å². The number of nitrogens with one attached hydrogen (secondary N) is 2. The Hall–Kier alpha value is -3.00. The van der Waals surface area contributed by atoms with E-state index in [-0.39, 0.29) is 10.7 Å². The Morgan fingerprint density at radius 3 is 2.46 bits per heavy atom. The number of alkyl halides is 3. The average molecular weight is 409 g/mol. The molecule has 3 rings (SSSR count). The molecule has 0 spiro atoms. The molecule has 0 aliphatic heterocycles. The van der Waals surface area contributed by atoms with Crippen LogP contribution >= 0.6 is 11.6 Å². The SMILES string of the molecule is Cn1ccc(N[C@H](C(=O)Nc2cc(C(F)(F)F)ccc2Cl)c2ccccc2)n1. The number of hydrogen-bond acceptors (Lipinski definition) is 3. The van der Waals surface area contributed by atoms with Crippen LogP contribution in [0, 0.1) is 0 Å². The van der Waals surface area contributed by atoms with Crippen LogP contribution in [0.15, 0.2) is 60.8 Å². The van der Waals surface area contributed by atoms with Crippen LogP contribution in [0.2, 0.25) is 5.02 Å². The van der Waals surface area contributed by atoms with Gasteiger partial charge in [-0.05, 0) is 23.8 Å². The third kappa shape index (κ3) is 4.64. The molecule has 0 bridgehead atoms. The van der Waals surface area contributed by atoms with Gasteiger partial charge < -0.3 is 10.6 Å². The number of amides is 1. The largest absolute Gasteiger partial charge is 0.416 e. The molecule has 1 amide bonds. The first kappa shape index (κ1) is 19.8. The van der Waals surface area contributed by atoms with Gasteiger partial charge in [-0.25, -0.2) is 0 Å². The van der Waals surface area contributed by atoms with Crippen LogP contribution in [0.1, 0.15) is 17.2 Å². The summed E-state index contributed by atoms with van der Waals surface area (Å²) in [6, 6.07) is 12.3. The van der Waals surface area contributed by atoms with Crippen molar-refractivity contribution in [3.8, 4) is 0 Å². The van der Waals surface area contributed by atoms with Crippen LogP contribution in [0.4, 0.5) is 24.7 Å². The third-order valence-corrected chi connectivity index (χ3v) is 4.28. The minimum atomic E-state index is -4.55. The molecule has 1 aromatic heterocycles. The van der Waals surface area contributed by atoms with Crippen LogP contribution in [0.3, 0.4) is 0 Å². The molecule has 0 aliphatic carbocycles. The van der Waals surface area contributed by atoms with Gasteiger partial charge in [0.15, 0.2) is 0 Å². The van der Waals surface area contributed by atoms with Crippen LogP contribution in [0.5, 0.6) is 0 Å². The van der Waals surface area contributed by atoms with Crippen molar-refractivity contribution < 1.29 is 18.0 Å². The second-order valence-corrected chi connectivity index (χ2v) is 6.45. The molecule has 9 heteroatoms. The maximum absolute atomic E-state index is 13.0. The molecular formula is C19H16ClF3N4O. The zero-order valence-corrected chi connectivity index (χ0v) is 15.4. The molecule has 2 N–H and O–H groups in total. The van der Waals surface area contributed by atoms with Crippen molar-refractivity contribution in [2.75, 3.05) is 10.6 Å². The van der Waals surface area contributed by atoms with Gasteiger partial charge in [0.25, 0.3) is 5.91 Å². The lowest BCUT2D eigenvalue weighted by Gasteiger charge is -2.19. The molecule has 0 radical (unpaired) electrons. The molecule has 146 valence electrons. The number of carbonyl (C=O) groups excluding carboxylic acids is 1. The van der Waals surface area contributed by atoms with Crippen LogP contribution in [0.25, 0.3) is 0 Å². The summed E-state index contributed by atoms with van der Waals surface area (Å²) >= 11 is 5.99. The number of nitrogens with zero attached hydrogens (tertiary/aromatic N) is 2. The van der Waals surface area contributed by atoms with E-state index < -0.39 is 23.7 Å². The smallest absolute Gasteiger partial charge is 0.353 e. The Kier molecular flexibility index (Phi) is 5.60. The molecule has 1 atom stereocenters. The molecule has 2 aromatic carbocycles. The zero-order chi connectivity index (χ0) is 20.3. The molecule has 0 fully saturated rings. The van der Waals surface area contributed by atoms with E-state index in [9.17, 15) is 18.0 Å². The van der Waals surface area contributed by atoms with Crippen molar-refractivity contribution in [3.05, 3.63) is 76.9 Å². The standard InChI is InChI=1S/C19H16ClF3N4O/c1-27-10-9-16(26-27)25-17(12-5-3-2-4-6-12)18(28)24-15-11-13(19(21,22)23)7-8-14(15)20/h2-11,17H,1H3,(H,24,28)(H,25,26)/t17-/m0/s1. The van der Waals surface area contributed by atoms with Crippen LogP contribution in [-0.2, 0) is 18.0 Å². The minimum Gasteiger partial charge on any atom is -0.353 e. The fourth-order valence-corrected chi connectivity index (χ4v) is 2.75. The van der Waals surface area contributed by atoms with Gasteiger partial charge >= 0.3 is 6.18 Å². The van der Waals surface area contributed by atoms with E-state index in [4.69, 9.17) is 11.6 Å². The molecule has 0 saturated carbocycles. The van der Waals surface area contributed by atoms with Crippen molar-refractivity contribution in [2.45, 2.75) is 12.2 Å². The summed E-state index contributed by atoms with van der Waals surface area (Å²) in [6.45, 7) is 0. The number of halogens is 4.